The van der Waals surface area contributed by atoms with E-state index in [4.69, 9.17) is 0 Å². The number of rotatable bonds is 3. The van der Waals surface area contributed by atoms with Crippen LogP contribution < -0.4 is 0 Å². The summed E-state index contributed by atoms with van der Waals surface area (Å²) in [6, 6.07) is 4.32. The Bertz CT molecular complexity index is 459. The molecule has 2 aromatic rings. The molecule has 0 unspecified atom stereocenters. The topological polar surface area (TPSA) is 20.5 Å². The molecule has 2 aromatic heterocycles. The largest absolute Gasteiger partial charge is 0.302 e. The van der Waals surface area contributed by atoms with Gasteiger partial charge in [-0.1, -0.05) is 13.0 Å². The zero-order chi connectivity index (χ0) is 10.8. The molecule has 0 aliphatic carbocycles. The maximum atomic E-state index is 4.31. The highest BCUT2D eigenvalue weighted by Gasteiger charge is 2.02. The Morgan fingerprint density at radius 3 is 2.93 bits per heavy atom. The van der Waals surface area contributed by atoms with Crippen LogP contribution in [0.5, 0.6) is 0 Å². The molecule has 0 aliphatic rings. The van der Waals surface area contributed by atoms with Gasteiger partial charge in [-0.2, -0.15) is 5.10 Å². The van der Waals surface area contributed by atoms with Crippen LogP contribution in [0.15, 0.2) is 24.5 Å². The van der Waals surface area contributed by atoms with E-state index in [9.17, 15) is 0 Å². The lowest BCUT2D eigenvalue weighted by molar-refractivity contribution is 0.345. The first kappa shape index (κ1) is 10.2. The summed E-state index contributed by atoms with van der Waals surface area (Å²) in [4.78, 5) is 2.28. The second kappa shape index (κ2) is 4.03. The van der Waals surface area contributed by atoms with Gasteiger partial charge in [-0.15, -0.1) is 0 Å². The number of hydrogen-bond acceptors (Lipinski definition) is 2. The molecular weight excluding hydrogens is 186 g/mol. The van der Waals surface area contributed by atoms with Gasteiger partial charge in [0.05, 0.1) is 11.7 Å². The van der Waals surface area contributed by atoms with Crippen molar-refractivity contribution in [1.29, 1.82) is 0 Å². The third-order valence-corrected chi connectivity index (χ3v) is 2.76. The second-order valence-corrected chi connectivity index (χ2v) is 4.03. The second-order valence-electron chi connectivity index (χ2n) is 4.03. The lowest BCUT2D eigenvalue weighted by Gasteiger charge is -2.13. The first-order valence-corrected chi connectivity index (χ1v) is 5.32. The fraction of sp³-hybridized carbons (Fsp3) is 0.417. The van der Waals surface area contributed by atoms with Gasteiger partial charge in [0.2, 0.25) is 0 Å². The van der Waals surface area contributed by atoms with E-state index in [0.29, 0.717) is 0 Å². The Kier molecular flexibility index (Phi) is 2.73. The molecule has 0 aliphatic heterocycles. The van der Waals surface area contributed by atoms with Crippen molar-refractivity contribution in [1.82, 2.24) is 14.5 Å². The smallest absolute Gasteiger partial charge is 0.0690 e. The first-order valence-electron chi connectivity index (χ1n) is 5.32. The molecule has 0 radical (unpaired) electrons. The van der Waals surface area contributed by atoms with Crippen molar-refractivity contribution in [3.8, 4) is 0 Å². The van der Waals surface area contributed by atoms with Gasteiger partial charge in [0.15, 0.2) is 0 Å². The molecule has 15 heavy (non-hydrogen) atoms. The summed E-state index contributed by atoms with van der Waals surface area (Å²) in [5.74, 6) is 0. The number of nitrogens with zero attached hydrogens (tertiary/aromatic N) is 3. The van der Waals surface area contributed by atoms with Gasteiger partial charge in [-0.3, -0.25) is 0 Å². The predicted octanol–water partition coefficient (Wildman–Crippen LogP) is 2.09. The van der Waals surface area contributed by atoms with Gasteiger partial charge >= 0.3 is 0 Å². The van der Waals surface area contributed by atoms with Crippen LogP contribution in [-0.4, -0.2) is 28.1 Å². The monoisotopic (exact) mass is 203 g/mol. The Morgan fingerprint density at radius 1 is 1.40 bits per heavy atom. The number of aromatic nitrogens is 2. The third kappa shape index (κ3) is 2.02. The summed E-state index contributed by atoms with van der Waals surface area (Å²) in [6.07, 6.45) is 4.01. The van der Waals surface area contributed by atoms with Crippen molar-refractivity contribution in [2.75, 3.05) is 13.6 Å². The van der Waals surface area contributed by atoms with Gasteiger partial charge in [0.25, 0.3) is 0 Å². The fourth-order valence-electron chi connectivity index (χ4n) is 1.67. The van der Waals surface area contributed by atoms with E-state index in [1.54, 1.807) is 0 Å². The molecule has 0 saturated carbocycles. The molecule has 0 bridgehead atoms. The normalized spacial score (nSPS) is 11.5. The number of aryl methyl sites for hydroxylation is 1. The summed E-state index contributed by atoms with van der Waals surface area (Å²) >= 11 is 0. The van der Waals surface area contributed by atoms with Crippen LogP contribution in [0.3, 0.4) is 0 Å². The molecule has 0 N–H and O–H groups in total. The Balaban J connectivity index is 2.31. The molecule has 2 rings (SSSR count). The third-order valence-electron chi connectivity index (χ3n) is 2.76. The van der Waals surface area contributed by atoms with Gasteiger partial charge in [-0.25, -0.2) is 4.52 Å². The zero-order valence-electron chi connectivity index (χ0n) is 9.57. The SMILES string of the molecule is CCN(C)Cc1ccc2c(C)cnn2c1. The average molecular weight is 203 g/mol. The van der Waals surface area contributed by atoms with Gasteiger partial charge in [0, 0.05) is 12.7 Å². The lowest BCUT2D eigenvalue weighted by Crippen LogP contribution is -2.16. The van der Waals surface area contributed by atoms with Crippen molar-refractivity contribution >= 4 is 5.52 Å². The van der Waals surface area contributed by atoms with Crippen molar-refractivity contribution in [2.45, 2.75) is 20.4 Å². The van der Waals surface area contributed by atoms with Crippen molar-refractivity contribution in [2.24, 2.45) is 0 Å². The molecule has 80 valence electrons. The maximum Gasteiger partial charge on any atom is 0.0690 e. The Morgan fingerprint density at radius 2 is 2.20 bits per heavy atom. The van der Waals surface area contributed by atoms with E-state index in [1.807, 2.05) is 10.7 Å². The van der Waals surface area contributed by atoms with Crippen molar-refractivity contribution in [3.63, 3.8) is 0 Å². The first-order chi connectivity index (χ1) is 7.20. The highest BCUT2D eigenvalue weighted by atomic mass is 15.2. The van der Waals surface area contributed by atoms with Crippen LogP contribution in [0.2, 0.25) is 0 Å². The number of hydrogen-bond donors (Lipinski definition) is 0. The summed E-state index contributed by atoms with van der Waals surface area (Å²) in [7, 11) is 2.12. The zero-order valence-corrected chi connectivity index (χ0v) is 9.57. The highest BCUT2D eigenvalue weighted by Crippen LogP contribution is 2.11. The van der Waals surface area contributed by atoms with Gasteiger partial charge in [-0.05, 0) is 37.7 Å². The van der Waals surface area contributed by atoms with E-state index in [2.05, 4.69) is 49.2 Å². The van der Waals surface area contributed by atoms with Crippen LogP contribution in [0.25, 0.3) is 5.52 Å². The molecule has 0 spiro atoms. The average Bonchev–Trinajstić information content (AvgIpc) is 2.60. The molecule has 0 atom stereocenters. The number of pyridine rings is 1. The lowest BCUT2D eigenvalue weighted by atomic mass is 10.2. The molecule has 0 aromatic carbocycles. The summed E-state index contributed by atoms with van der Waals surface area (Å²) in [5.41, 5.74) is 3.72. The molecule has 0 saturated heterocycles. The molecule has 3 nitrogen and oxygen atoms in total. The van der Waals surface area contributed by atoms with E-state index >= 15 is 0 Å². The summed E-state index contributed by atoms with van der Waals surface area (Å²) < 4.78 is 1.95. The maximum absolute atomic E-state index is 4.31. The molecule has 0 fully saturated rings. The van der Waals surface area contributed by atoms with Crippen LogP contribution in [0.1, 0.15) is 18.1 Å². The standard InChI is InChI=1S/C12H17N3/c1-4-14(3)8-11-5-6-12-10(2)7-13-15(12)9-11/h5-7,9H,4,8H2,1-3H3. The quantitative estimate of drug-likeness (QED) is 0.761. The van der Waals surface area contributed by atoms with E-state index in [0.717, 1.165) is 13.1 Å². The summed E-state index contributed by atoms with van der Waals surface area (Å²) in [5, 5.41) is 4.31. The van der Waals surface area contributed by atoms with Crippen LogP contribution >= 0.6 is 0 Å². The summed E-state index contributed by atoms with van der Waals surface area (Å²) in [6.45, 7) is 6.29. The van der Waals surface area contributed by atoms with Crippen LogP contribution in [-0.2, 0) is 6.54 Å². The molecule has 0 amide bonds. The minimum atomic E-state index is 0.978. The minimum Gasteiger partial charge on any atom is -0.302 e. The van der Waals surface area contributed by atoms with Crippen molar-refractivity contribution < 1.29 is 0 Å². The van der Waals surface area contributed by atoms with Gasteiger partial charge in [0.1, 0.15) is 0 Å². The van der Waals surface area contributed by atoms with E-state index in [1.165, 1.54) is 16.6 Å². The minimum absolute atomic E-state index is 0.978. The highest BCUT2D eigenvalue weighted by molar-refractivity contribution is 5.53. The fourth-order valence-corrected chi connectivity index (χ4v) is 1.67. The predicted molar refractivity (Wildman–Crippen MR) is 61.9 cm³/mol. The molecule has 3 heteroatoms. The van der Waals surface area contributed by atoms with Gasteiger partial charge < -0.3 is 4.90 Å². The Hall–Kier alpha value is -1.35. The molecule has 2 heterocycles. The van der Waals surface area contributed by atoms with E-state index < -0.39 is 0 Å². The van der Waals surface area contributed by atoms with Crippen LogP contribution in [0, 0.1) is 6.92 Å². The Labute approximate surface area is 90.3 Å². The number of fused-ring (bicyclic) bond motifs is 1. The van der Waals surface area contributed by atoms with Crippen molar-refractivity contribution in [3.05, 3.63) is 35.7 Å². The van der Waals surface area contributed by atoms with E-state index in [-0.39, 0.29) is 0 Å². The van der Waals surface area contributed by atoms with Crippen LogP contribution in [0.4, 0.5) is 0 Å². The molecular formula is C12H17N3.